The van der Waals surface area contributed by atoms with E-state index < -0.39 is 5.91 Å². The number of aromatic nitrogens is 1. The fraction of sp³-hybridized carbons (Fsp3) is 0.0909. The quantitative estimate of drug-likeness (QED) is 0.872. The van der Waals surface area contributed by atoms with Crippen LogP contribution in [-0.4, -0.2) is 10.9 Å². The van der Waals surface area contributed by atoms with Gasteiger partial charge in [0.25, 0.3) is 5.91 Å². The maximum atomic E-state index is 11.0. The van der Waals surface area contributed by atoms with Crippen molar-refractivity contribution < 1.29 is 9.21 Å². The summed E-state index contributed by atoms with van der Waals surface area (Å²) in [5.74, 6) is -0.441. The molecule has 2 aromatic heterocycles. The summed E-state index contributed by atoms with van der Waals surface area (Å²) in [4.78, 5) is 15.2. The Bertz CT molecular complexity index is 491. The fourth-order valence-corrected chi connectivity index (χ4v) is 1.33. The fourth-order valence-electron chi connectivity index (χ4n) is 1.33. The minimum atomic E-state index is -0.586. The van der Waals surface area contributed by atoms with Crippen LogP contribution in [0.2, 0.25) is 0 Å². The van der Waals surface area contributed by atoms with Gasteiger partial charge in [0.1, 0.15) is 0 Å². The summed E-state index contributed by atoms with van der Waals surface area (Å²) in [7, 11) is 0. The van der Waals surface area contributed by atoms with E-state index in [9.17, 15) is 4.79 Å². The third-order valence-electron chi connectivity index (χ3n) is 2.08. The van der Waals surface area contributed by atoms with Gasteiger partial charge in [-0.15, -0.1) is 12.4 Å². The summed E-state index contributed by atoms with van der Waals surface area (Å²) in [5, 5.41) is 0. The average molecular weight is 239 g/mol. The first-order chi connectivity index (χ1) is 7.18. The largest absolute Gasteiger partial charge is 0.458 e. The number of carbonyl (C=O) groups is 1. The highest BCUT2D eigenvalue weighted by Gasteiger charge is 2.14. The highest BCUT2D eigenvalue weighted by atomic mass is 35.5. The number of carbonyl (C=O) groups excluding carboxylic acids is 1. The summed E-state index contributed by atoms with van der Waals surface area (Å²) in [5.41, 5.74) is 7.53. The van der Waals surface area contributed by atoms with Crippen molar-refractivity contribution in [2.75, 3.05) is 0 Å². The first-order valence-corrected chi connectivity index (χ1v) is 4.49. The molecule has 0 fully saturated rings. The lowest BCUT2D eigenvalue weighted by atomic mass is 10.1. The van der Waals surface area contributed by atoms with Crippen LogP contribution < -0.4 is 5.73 Å². The van der Waals surface area contributed by atoms with Gasteiger partial charge in [0.2, 0.25) is 0 Å². The predicted molar refractivity (Wildman–Crippen MR) is 62.4 cm³/mol. The third-order valence-corrected chi connectivity index (χ3v) is 2.08. The molecule has 2 rings (SSSR count). The molecule has 0 aliphatic heterocycles. The number of pyridine rings is 1. The van der Waals surface area contributed by atoms with Crippen molar-refractivity contribution in [3.8, 4) is 11.3 Å². The predicted octanol–water partition coefficient (Wildman–Crippen LogP) is 2.17. The molecule has 0 radical (unpaired) electrons. The summed E-state index contributed by atoms with van der Waals surface area (Å²) in [6.45, 7) is 1.95. The summed E-state index contributed by atoms with van der Waals surface area (Å²) >= 11 is 0. The molecule has 84 valence electrons. The number of nitrogens with two attached hydrogens (primary N) is 1. The molecule has 1 amide bonds. The van der Waals surface area contributed by atoms with E-state index in [4.69, 9.17) is 10.2 Å². The SMILES string of the molecule is Cc1ccc(-c2ccoc2C(N)=O)nc1.Cl. The van der Waals surface area contributed by atoms with E-state index >= 15 is 0 Å². The van der Waals surface area contributed by atoms with Gasteiger partial charge in [-0.1, -0.05) is 6.07 Å². The molecule has 0 aliphatic carbocycles. The number of aryl methyl sites for hydroxylation is 1. The number of rotatable bonds is 2. The molecule has 0 saturated heterocycles. The molecule has 0 spiro atoms. The van der Waals surface area contributed by atoms with Gasteiger partial charge < -0.3 is 10.2 Å². The molecule has 2 heterocycles. The van der Waals surface area contributed by atoms with E-state index in [-0.39, 0.29) is 18.2 Å². The average Bonchev–Trinajstić information content (AvgIpc) is 2.67. The Hall–Kier alpha value is -1.81. The van der Waals surface area contributed by atoms with Crippen molar-refractivity contribution in [3.63, 3.8) is 0 Å². The topological polar surface area (TPSA) is 69.1 Å². The Labute approximate surface area is 98.9 Å². The van der Waals surface area contributed by atoms with Crippen LogP contribution in [0.15, 0.2) is 35.1 Å². The van der Waals surface area contributed by atoms with Gasteiger partial charge in [-0.05, 0) is 24.6 Å². The normalized spacial score (nSPS) is 9.56. The van der Waals surface area contributed by atoms with Crippen LogP contribution in [0.1, 0.15) is 16.1 Å². The molecular formula is C11H11ClN2O2. The van der Waals surface area contributed by atoms with Crippen LogP contribution >= 0.6 is 12.4 Å². The highest BCUT2D eigenvalue weighted by molar-refractivity contribution is 5.96. The third kappa shape index (κ3) is 2.23. The van der Waals surface area contributed by atoms with Crippen molar-refractivity contribution in [1.29, 1.82) is 0 Å². The number of amides is 1. The number of hydrogen-bond acceptors (Lipinski definition) is 3. The number of furan rings is 1. The lowest BCUT2D eigenvalue weighted by molar-refractivity contribution is 0.0975. The first kappa shape index (κ1) is 12.3. The Morgan fingerprint density at radius 3 is 2.69 bits per heavy atom. The molecule has 16 heavy (non-hydrogen) atoms. The molecule has 2 N–H and O–H groups in total. The van der Waals surface area contributed by atoms with E-state index in [0.29, 0.717) is 11.3 Å². The molecule has 0 atom stereocenters. The summed E-state index contributed by atoms with van der Waals surface area (Å²) < 4.78 is 5.00. The molecular weight excluding hydrogens is 228 g/mol. The molecule has 0 saturated carbocycles. The number of primary amides is 1. The molecule has 4 nitrogen and oxygen atoms in total. The lowest BCUT2D eigenvalue weighted by Gasteiger charge is -1.99. The Balaban J connectivity index is 0.00000128. The zero-order chi connectivity index (χ0) is 10.8. The Morgan fingerprint density at radius 1 is 1.38 bits per heavy atom. The first-order valence-electron chi connectivity index (χ1n) is 4.49. The molecule has 0 aromatic carbocycles. The Kier molecular flexibility index (Phi) is 3.68. The van der Waals surface area contributed by atoms with Crippen molar-refractivity contribution in [1.82, 2.24) is 4.98 Å². The highest BCUT2D eigenvalue weighted by Crippen LogP contribution is 2.22. The van der Waals surface area contributed by atoms with Crippen molar-refractivity contribution in [2.45, 2.75) is 6.92 Å². The van der Waals surface area contributed by atoms with Gasteiger partial charge in [-0.2, -0.15) is 0 Å². The molecule has 0 unspecified atom stereocenters. The van der Waals surface area contributed by atoms with Crippen LogP contribution in [-0.2, 0) is 0 Å². The molecule has 0 bridgehead atoms. The van der Waals surface area contributed by atoms with Gasteiger partial charge in [0.05, 0.1) is 17.5 Å². The second kappa shape index (κ2) is 4.81. The second-order valence-corrected chi connectivity index (χ2v) is 3.25. The Morgan fingerprint density at radius 2 is 2.12 bits per heavy atom. The van der Waals surface area contributed by atoms with Crippen LogP contribution in [0.25, 0.3) is 11.3 Å². The maximum absolute atomic E-state index is 11.0. The zero-order valence-corrected chi connectivity index (χ0v) is 9.45. The van der Waals surface area contributed by atoms with E-state index in [2.05, 4.69) is 4.98 Å². The van der Waals surface area contributed by atoms with Crippen LogP contribution in [0.5, 0.6) is 0 Å². The zero-order valence-electron chi connectivity index (χ0n) is 8.64. The van der Waals surface area contributed by atoms with Gasteiger partial charge in [-0.3, -0.25) is 9.78 Å². The summed E-state index contributed by atoms with van der Waals surface area (Å²) in [6, 6.07) is 5.42. The van der Waals surface area contributed by atoms with Crippen molar-refractivity contribution in [3.05, 3.63) is 42.0 Å². The standard InChI is InChI=1S/C11H10N2O2.ClH/c1-7-2-3-9(13-6-7)8-4-5-15-10(8)11(12)14;/h2-6H,1H3,(H2,12,14);1H. The maximum Gasteiger partial charge on any atom is 0.285 e. The number of hydrogen-bond donors (Lipinski definition) is 1. The van der Waals surface area contributed by atoms with E-state index in [1.807, 2.05) is 19.1 Å². The van der Waals surface area contributed by atoms with Gasteiger partial charge in [-0.25, -0.2) is 0 Å². The van der Waals surface area contributed by atoms with Gasteiger partial charge >= 0.3 is 0 Å². The number of nitrogens with zero attached hydrogens (tertiary/aromatic N) is 1. The monoisotopic (exact) mass is 238 g/mol. The van der Waals surface area contributed by atoms with Crippen LogP contribution in [0.4, 0.5) is 0 Å². The molecule has 0 aliphatic rings. The van der Waals surface area contributed by atoms with E-state index in [1.54, 1.807) is 12.3 Å². The van der Waals surface area contributed by atoms with E-state index in [1.165, 1.54) is 6.26 Å². The minimum Gasteiger partial charge on any atom is -0.458 e. The lowest BCUT2D eigenvalue weighted by Crippen LogP contribution is -2.10. The molecule has 2 aromatic rings. The van der Waals surface area contributed by atoms with Crippen LogP contribution in [0.3, 0.4) is 0 Å². The smallest absolute Gasteiger partial charge is 0.285 e. The second-order valence-electron chi connectivity index (χ2n) is 3.25. The van der Waals surface area contributed by atoms with Crippen molar-refractivity contribution in [2.24, 2.45) is 5.73 Å². The van der Waals surface area contributed by atoms with Crippen molar-refractivity contribution >= 4 is 18.3 Å². The minimum absolute atomic E-state index is 0. The summed E-state index contributed by atoms with van der Waals surface area (Å²) in [6.07, 6.45) is 3.16. The van der Waals surface area contributed by atoms with Gasteiger partial charge in [0, 0.05) is 6.20 Å². The van der Waals surface area contributed by atoms with Crippen LogP contribution in [0, 0.1) is 6.92 Å². The number of halogens is 1. The van der Waals surface area contributed by atoms with E-state index in [0.717, 1.165) is 5.56 Å². The molecule has 5 heteroatoms. The van der Waals surface area contributed by atoms with Gasteiger partial charge in [0.15, 0.2) is 5.76 Å².